The van der Waals surface area contributed by atoms with Crippen molar-refractivity contribution >= 4 is 35.2 Å². The number of cyclic esters (lactones) is 1. The van der Waals surface area contributed by atoms with Gasteiger partial charge in [0.05, 0.1) is 6.42 Å². The first kappa shape index (κ1) is 20.6. The summed E-state index contributed by atoms with van der Waals surface area (Å²) in [5, 5.41) is 3.37. The molecule has 0 saturated carbocycles. The SMILES string of the molecule is O=C(Nc1ccc(Cl)cc1)c1ccc(CC(=O)N2C(=O)OCC2c2ccccc2)cc1. The molecular formula is C24H19ClN2O4. The fourth-order valence-corrected chi connectivity index (χ4v) is 3.51. The number of halogens is 1. The van der Waals surface area contributed by atoms with Crippen molar-refractivity contribution < 1.29 is 19.1 Å². The van der Waals surface area contributed by atoms with Crippen molar-refractivity contribution in [1.82, 2.24) is 4.90 Å². The van der Waals surface area contributed by atoms with Crippen LogP contribution in [0.3, 0.4) is 0 Å². The molecule has 31 heavy (non-hydrogen) atoms. The number of nitrogens with zero attached hydrogens (tertiary/aromatic N) is 1. The van der Waals surface area contributed by atoms with Gasteiger partial charge in [-0.15, -0.1) is 0 Å². The summed E-state index contributed by atoms with van der Waals surface area (Å²) in [6.45, 7) is 0.137. The molecule has 3 aromatic rings. The number of nitrogens with one attached hydrogen (secondary N) is 1. The van der Waals surface area contributed by atoms with Gasteiger partial charge in [0.15, 0.2) is 0 Å². The summed E-state index contributed by atoms with van der Waals surface area (Å²) in [6, 6.07) is 22.4. The number of benzene rings is 3. The lowest BCUT2D eigenvalue weighted by Crippen LogP contribution is -2.35. The summed E-state index contributed by atoms with van der Waals surface area (Å²) < 4.78 is 5.11. The van der Waals surface area contributed by atoms with E-state index in [0.717, 1.165) is 10.5 Å². The molecule has 3 amide bonds. The fourth-order valence-electron chi connectivity index (χ4n) is 3.39. The number of amides is 3. The zero-order valence-corrected chi connectivity index (χ0v) is 17.2. The maximum atomic E-state index is 12.8. The second-order valence-electron chi connectivity index (χ2n) is 7.10. The van der Waals surface area contributed by atoms with E-state index in [1.165, 1.54) is 0 Å². The summed E-state index contributed by atoms with van der Waals surface area (Å²) in [6.07, 6.45) is -0.616. The summed E-state index contributed by atoms with van der Waals surface area (Å²) in [5.74, 6) is -0.623. The van der Waals surface area contributed by atoms with Crippen LogP contribution in [0, 0.1) is 0 Å². The number of hydrogen-bond acceptors (Lipinski definition) is 4. The molecule has 156 valence electrons. The van der Waals surface area contributed by atoms with Gasteiger partial charge in [-0.3, -0.25) is 9.59 Å². The third-order valence-electron chi connectivity index (χ3n) is 5.00. The quantitative estimate of drug-likeness (QED) is 0.622. The molecule has 1 fully saturated rings. The predicted octanol–water partition coefficient (Wildman–Crippen LogP) is 4.85. The topological polar surface area (TPSA) is 75.7 Å². The fraction of sp³-hybridized carbons (Fsp3) is 0.125. The second-order valence-corrected chi connectivity index (χ2v) is 7.54. The first-order chi connectivity index (χ1) is 15.0. The number of imide groups is 1. The highest BCUT2D eigenvalue weighted by Gasteiger charge is 2.38. The largest absolute Gasteiger partial charge is 0.446 e. The molecule has 1 aliphatic heterocycles. The van der Waals surface area contributed by atoms with Crippen LogP contribution < -0.4 is 5.32 Å². The number of carbonyl (C=O) groups excluding carboxylic acids is 3. The van der Waals surface area contributed by atoms with E-state index in [2.05, 4.69) is 5.32 Å². The average Bonchev–Trinajstić information content (AvgIpc) is 3.18. The first-order valence-corrected chi connectivity index (χ1v) is 10.1. The molecule has 1 unspecified atom stereocenters. The Hall–Kier alpha value is -3.64. The van der Waals surface area contributed by atoms with E-state index < -0.39 is 12.1 Å². The average molecular weight is 435 g/mol. The highest BCUT2D eigenvalue weighted by Crippen LogP contribution is 2.28. The van der Waals surface area contributed by atoms with E-state index in [1.54, 1.807) is 48.5 Å². The van der Waals surface area contributed by atoms with E-state index in [0.29, 0.717) is 21.8 Å². The number of carbonyl (C=O) groups is 3. The van der Waals surface area contributed by atoms with Gasteiger partial charge in [-0.05, 0) is 47.5 Å². The minimum atomic E-state index is -0.641. The molecule has 0 aliphatic carbocycles. The van der Waals surface area contributed by atoms with Gasteiger partial charge in [0.2, 0.25) is 5.91 Å². The van der Waals surface area contributed by atoms with Crippen LogP contribution in [0.1, 0.15) is 27.5 Å². The number of anilines is 1. The third-order valence-corrected chi connectivity index (χ3v) is 5.25. The molecule has 1 aliphatic rings. The summed E-state index contributed by atoms with van der Waals surface area (Å²) >= 11 is 5.85. The van der Waals surface area contributed by atoms with Crippen LogP contribution in [0.5, 0.6) is 0 Å². The van der Waals surface area contributed by atoms with Crippen molar-refractivity contribution in [3.05, 3.63) is 101 Å². The van der Waals surface area contributed by atoms with Gasteiger partial charge < -0.3 is 10.1 Å². The van der Waals surface area contributed by atoms with Gasteiger partial charge in [0.1, 0.15) is 12.6 Å². The number of rotatable bonds is 5. The highest BCUT2D eigenvalue weighted by molar-refractivity contribution is 6.30. The van der Waals surface area contributed by atoms with Gasteiger partial charge >= 0.3 is 6.09 Å². The molecular weight excluding hydrogens is 416 g/mol. The van der Waals surface area contributed by atoms with Gasteiger partial charge in [-0.2, -0.15) is 0 Å². The summed E-state index contributed by atoms with van der Waals surface area (Å²) in [5.41, 5.74) is 2.62. The van der Waals surface area contributed by atoms with Crippen molar-refractivity contribution in [2.24, 2.45) is 0 Å². The Balaban J connectivity index is 1.42. The monoisotopic (exact) mass is 434 g/mol. The van der Waals surface area contributed by atoms with Crippen molar-refractivity contribution in [2.75, 3.05) is 11.9 Å². The van der Waals surface area contributed by atoms with Crippen molar-refractivity contribution in [3.63, 3.8) is 0 Å². The van der Waals surface area contributed by atoms with Crippen molar-refractivity contribution in [3.8, 4) is 0 Å². The molecule has 0 spiro atoms. The summed E-state index contributed by atoms with van der Waals surface area (Å²) in [7, 11) is 0. The molecule has 1 atom stereocenters. The standard InChI is InChI=1S/C24H19ClN2O4/c25-19-10-12-20(13-11-19)26-23(29)18-8-6-16(7-9-18)14-22(28)27-21(15-31-24(27)30)17-4-2-1-3-5-17/h1-13,21H,14-15H2,(H,26,29). The van der Waals surface area contributed by atoms with Crippen LogP contribution in [0.15, 0.2) is 78.9 Å². The Labute approximate surface area is 184 Å². The van der Waals surface area contributed by atoms with Crippen LogP contribution >= 0.6 is 11.6 Å². The van der Waals surface area contributed by atoms with Crippen LogP contribution in [0.25, 0.3) is 0 Å². The molecule has 7 heteroatoms. The molecule has 0 bridgehead atoms. The molecule has 0 aromatic heterocycles. The van der Waals surface area contributed by atoms with Gasteiger partial charge in [0.25, 0.3) is 5.91 Å². The normalized spacial score (nSPS) is 15.5. The first-order valence-electron chi connectivity index (χ1n) is 9.71. The zero-order valence-electron chi connectivity index (χ0n) is 16.5. The smallest absolute Gasteiger partial charge is 0.417 e. The van der Waals surface area contributed by atoms with Gasteiger partial charge in [-0.25, -0.2) is 9.69 Å². The Morgan fingerprint density at radius 3 is 2.32 bits per heavy atom. The van der Waals surface area contributed by atoms with Gasteiger partial charge in [0, 0.05) is 16.3 Å². The van der Waals surface area contributed by atoms with Crippen LogP contribution in [0.2, 0.25) is 5.02 Å². The van der Waals surface area contributed by atoms with E-state index in [1.807, 2.05) is 30.3 Å². The van der Waals surface area contributed by atoms with E-state index in [4.69, 9.17) is 16.3 Å². The maximum absolute atomic E-state index is 12.8. The predicted molar refractivity (Wildman–Crippen MR) is 117 cm³/mol. The number of hydrogen-bond donors (Lipinski definition) is 1. The van der Waals surface area contributed by atoms with Crippen LogP contribution in [-0.2, 0) is 16.0 Å². The zero-order chi connectivity index (χ0) is 21.8. The minimum Gasteiger partial charge on any atom is -0.446 e. The number of ether oxygens (including phenoxy) is 1. The molecule has 3 aromatic carbocycles. The molecule has 1 N–H and O–H groups in total. The second kappa shape index (κ2) is 9.02. The Morgan fingerprint density at radius 2 is 1.65 bits per heavy atom. The molecule has 1 saturated heterocycles. The molecule has 1 heterocycles. The molecule has 0 radical (unpaired) electrons. The lowest BCUT2D eigenvalue weighted by molar-refractivity contribution is -0.128. The van der Waals surface area contributed by atoms with E-state index in [9.17, 15) is 14.4 Å². The lowest BCUT2D eigenvalue weighted by atomic mass is 10.0. The van der Waals surface area contributed by atoms with Crippen LogP contribution in [-0.4, -0.2) is 29.4 Å². The Bertz CT molecular complexity index is 1100. The maximum Gasteiger partial charge on any atom is 0.417 e. The Kier molecular flexibility index (Phi) is 6.00. The summed E-state index contributed by atoms with van der Waals surface area (Å²) in [4.78, 5) is 38.5. The molecule has 4 rings (SSSR count). The lowest BCUT2D eigenvalue weighted by Gasteiger charge is -2.20. The van der Waals surface area contributed by atoms with Crippen molar-refractivity contribution in [1.29, 1.82) is 0 Å². The van der Waals surface area contributed by atoms with Crippen molar-refractivity contribution in [2.45, 2.75) is 12.5 Å². The highest BCUT2D eigenvalue weighted by atomic mass is 35.5. The third kappa shape index (κ3) is 4.75. The van der Waals surface area contributed by atoms with Crippen LogP contribution in [0.4, 0.5) is 10.5 Å². The van der Waals surface area contributed by atoms with Gasteiger partial charge in [-0.1, -0.05) is 54.1 Å². The van der Waals surface area contributed by atoms with E-state index in [-0.39, 0.29) is 24.8 Å². The minimum absolute atomic E-state index is 0.0253. The molecule has 6 nitrogen and oxygen atoms in total. The van der Waals surface area contributed by atoms with E-state index >= 15 is 0 Å². The Morgan fingerprint density at radius 1 is 0.968 bits per heavy atom.